The molecule has 0 saturated heterocycles. The van der Waals surface area contributed by atoms with Crippen molar-refractivity contribution in [2.45, 2.75) is 46.7 Å². The van der Waals surface area contributed by atoms with Gasteiger partial charge in [-0.15, -0.1) is 0 Å². The molecule has 0 amide bonds. The maximum Gasteiger partial charge on any atom is 0.272 e. The summed E-state index contributed by atoms with van der Waals surface area (Å²) in [6.07, 6.45) is -2.47. The molecule has 0 saturated carbocycles. The second-order valence-electron chi connectivity index (χ2n) is 5.72. The van der Waals surface area contributed by atoms with E-state index in [1.165, 1.54) is 0 Å². The fraction of sp³-hybridized carbons (Fsp3) is 0.588. The molecule has 6 heteroatoms. The Morgan fingerprint density at radius 3 is 2.61 bits per heavy atom. The molecule has 130 valence electrons. The number of nitrogens with one attached hydrogen (secondary N) is 2. The number of ether oxygens (including phenoxy) is 1. The lowest BCUT2D eigenvalue weighted by Crippen LogP contribution is -2.44. The smallest absolute Gasteiger partial charge is 0.272 e. The molecule has 0 aliphatic carbocycles. The fourth-order valence-corrected chi connectivity index (χ4v) is 1.77. The molecular weight excluding hydrogens is 300 g/mol. The number of guanidine groups is 1. The van der Waals surface area contributed by atoms with Gasteiger partial charge in [0.25, 0.3) is 6.43 Å². The normalized spacial score (nSPS) is 13.3. The quantitative estimate of drug-likeness (QED) is 0.568. The van der Waals surface area contributed by atoms with Gasteiger partial charge >= 0.3 is 0 Å². The highest BCUT2D eigenvalue weighted by Gasteiger charge is 2.09. The first-order valence-electron chi connectivity index (χ1n) is 7.97. The molecule has 2 N–H and O–H groups in total. The molecule has 0 aromatic heterocycles. The van der Waals surface area contributed by atoms with Gasteiger partial charge in [0.05, 0.1) is 6.54 Å². The van der Waals surface area contributed by atoms with Crippen molar-refractivity contribution in [2.24, 2.45) is 10.9 Å². The molecule has 1 atom stereocenters. The molecule has 0 radical (unpaired) electrons. The van der Waals surface area contributed by atoms with Crippen LogP contribution in [0.2, 0.25) is 0 Å². The molecular formula is C17H27F2N3O. The monoisotopic (exact) mass is 327 g/mol. The Morgan fingerprint density at radius 2 is 2.00 bits per heavy atom. The van der Waals surface area contributed by atoms with Crippen molar-refractivity contribution in [3.05, 3.63) is 29.8 Å². The highest BCUT2D eigenvalue weighted by atomic mass is 19.3. The van der Waals surface area contributed by atoms with E-state index in [4.69, 9.17) is 4.74 Å². The maximum absolute atomic E-state index is 12.2. The second kappa shape index (κ2) is 10.0. The Labute approximate surface area is 137 Å². The van der Waals surface area contributed by atoms with Crippen LogP contribution in [0.5, 0.6) is 5.75 Å². The van der Waals surface area contributed by atoms with Gasteiger partial charge in [0.2, 0.25) is 0 Å². The summed E-state index contributed by atoms with van der Waals surface area (Å²) in [4.78, 5) is 4.53. The first kappa shape index (κ1) is 19.2. The van der Waals surface area contributed by atoms with E-state index >= 15 is 0 Å². The summed E-state index contributed by atoms with van der Waals surface area (Å²) in [6.45, 7) is 9.03. The van der Waals surface area contributed by atoms with Crippen molar-refractivity contribution in [3.63, 3.8) is 0 Å². The lowest BCUT2D eigenvalue weighted by Gasteiger charge is -2.20. The van der Waals surface area contributed by atoms with Crippen LogP contribution in [0, 0.1) is 5.92 Å². The van der Waals surface area contributed by atoms with E-state index in [1.807, 2.05) is 13.0 Å². The SMILES string of the molecule is CCNC(=NCc1cccc(OCC(F)F)c1)NC(C)C(C)C. The molecule has 0 heterocycles. The summed E-state index contributed by atoms with van der Waals surface area (Å²) < 4.78 is 29.4. The van der Waals surface area contributed by atoms with Crippen molar-refractivity contribution < 1.29 is 13.5 Å². The average molecular weight is 327 g/mol. The zero-order valence-electron chi connectivity index (χ0n) is 14.3. The third kappa shape index (κ3) is 7.81. The molecule has 0 fully saturated rings. The van der Waals surface area contributed by atoms with Crippen molar-refractivity contribution in [3.8, 4) is 5.75 Å². The van der Waals surface area contributed by atoms with Crippen LogP contribution in [-0.4, -0.2) is 31.6 Å². The maximum atomic E-state index is 12.2. The summed E-state index contributed by atoms with van der Waals surface area (Å²) in [5.74, 6) is 1.67. The summed E-state index contributed by atoms with van der Waals surface area (Å²) in [6, 6.07) is 7.38. The van der Waals surface area contributed by atoms with Crippen molar-refractivity contribution >= 4 is 5.96 Å². The molecule has 0 spiro atoms. The molecule has 1 rings (SSSR count). The van der Waals surface area contributed by atoms with E-state index in [2.05, 4.69) is 36.4 Å². The van der Waals surface area contributed by atoms with Crippen LogP contribution in [-0.2, 0) is 6.54 Å². The number of nitrogens with zero attached hydrogens (tertiary/aromatic N) is 1. The van der Waals surface area contributed by atoms with Gasteiger partial charge in [0.1, 0.15) is 12.4 Å². The van der Waals surface area contributed by atoms with Gasteiger partial charge in [-0.25, -0.2) is 13.8 Å². The average Bonchev–Trinajstić information content (AvgIpc) is 2.51. The summed E-state index contributed by atoms with van der Waals surface area (Å²) in [7, 11) is 0. The zero-order valence-corrected chi connectivity index (χ0v) is 14.3. The van der Waals surface area contributed by atoms with E-state index in [9.17, 15) is 8.78 Å². The molecule has 0 bridgehead atoms. The van der Waals surface area contributed by atoms with E-state index in [0.29, 0.717) is 24.3 Å². The van der Waals surface area contributed by atoms with Crippen molar-refractivity contribution in [1.82, 2.24) is 10.6 Å². The Bertz CT molecular complexity index is 492. The second-order valence-corrected chi connectivity index (χ2v) is 5.72. The third-order valence-electron chi connectivity index (χ3n) is 3.40. The number of hydrogen-bond donors (Lipinski definition) is 2. The molecule has 1 aromatic rings. The molecule has 4 nitrogen and oxygen atoms in total. The highest BCUT2D eigenvalue weighted by Crippen LogP contribution is 2.15. The number of rotatable bonds is 8. The van der Waals surface area contributed by atoms with Crippen LogP contribution in [0.1, 0.15) is 33.3 Å². The van der Waals surface area contributed by atoms with Gasteiger partial charge in [0.15, 0.2) is 5.96 Å². The number of alkyl halides is 2. The van der Waals surface area contributed by atoms with Gasteiger partial charge in [-0.3, -0.25) is 0 Å². The minimum atomic E-state index is -2.47. The van der Waals surface area contributed by atoms with E-state index < -0.39 is 13.0 Å². The Hall–Kier alpha value is -1.85. The van der Waals surface area contributed by atoms with Crippen LogP contribution in [0.15, 0.2) is 29.3 Å². The number of halogens is 2. The summed E-state index contributed by atoms with van der Waals surface area (Å²) in [5.41, 5.74) is 0.908. The Balaban J connectivity index is 2.69. The van der Waals surface area contributed by atoms with Crippen LogP contribution >= 0.6 is 0 Å². The van der Waals surface area contributed by atoms with E-state index in [-0.39, 0.29) is 0 Å². The molecule has 1 unspecified atom stereocenters. The Morgan fingerprint density at radius 1 is 1.26 bits per heavy atom. The van der Waals surface area contributed by atoms with Gasteiger partial charge in [-0.05, 0) is 37.5 Å². The first-order chi connectivity index (χ1) is 10.9. The molecule has 1 aromatic carbocycles. The standard InChI is InChI=1S/C17H27F2N3O/c1-5-20-17(22-13(4)12(2)3)21-10-14-7-6-8-15(9-14)23-11-16(18)19/h6-9,12-13,16H,5,10-11H2,1-4H3,(H2,20,21,22). The summed E-state index contributed by atoms with van der Waals surface area (Å²) in [5, 5.41) is 6.55. The van der Waals surface area contributed by atoms with E-state index in [0.717, 1.165) is 18.1 Å². The largest absolute Gasteiger partial charge is 0.488 e. The van der Waals surface area contributed by atoms with E-state index in [1.54, 1.807) is 18.2 Å². The Kier molecular flexibility index (Phi) is 8.37. The van der Waals surface area contributed by atoms with Gasteiger partial charge in [0, 0.05) is 12.6 Å². The minimum Gasteiger partial charge on any atom is -0.488 e. The van der Waals surface area contributed by atoms with Gasteiger partial charge in [-0.2, -0.15) is 0 Å². The van der Waals surface area contributed by atoms with Gasteiger partial charge in [-0.1, -0.05) is 26.0 Å². The third-order valence-corrected chi connectivity index (χ3v) is 3.40. The molecule has 0 aliphatic heterocycles. The lowest BCUT2D eigenvalue weighted by molar-refractivity contribution is 0.0818. The predicted molar refractivity (Wildman–Crippen MR) is 90.2 cm³/mol. The van der Waals surface area contributed by atoms with Crippen LogP contribution in [0.3, 0.4) is 0 Å². The zero-order chi connectivity index (χ0) is 17.2. The van der Waals surface area contributed by atoms with Gasteiger partial charge < -0.3 is 15.4 Å². The molecule has 23 heavy (non-hydrogen) atoms. The minimum absolute atomic E-state index is 0.300. The van der Waals surface area contributed by atoms with Crippen molar-refractivity contribution in [1.29, 1.82) is 0 Å². The lowest BCUT2D eigenvalue weighted by atomic mass is 10.1. The summed E-state index contributed by atoms with van der Waals surface area (Å²) >= 11 is 0. The van der Waals surface area contributed by atoms with Crippen LogP contribution < -0.4 is 15.4 Å². The number of hydrogen-bond acceptors (Lipinski definition) is 2. The van der Waals surface area contributed by atoms with Crippen molar-refractivity contribution in [2.75, 3.05) is 13.2 Å². The predicted octanol–water partition coefficient (Wildman–Crippen LogP) is 3.43. The topological polar surface area (TPSA) is 45.7 Å². The van der Waals surface area contributed by atoms with Crippen LogP contribution in [0.4, 0.5) is 8.78 Å². The highest BCUT2D eigenvalue weighted by molar-refractivity contribution is 5.80. The van der Waals surface area contributed by atoms with Crippen LogP contribution in [0.25, 0.3) is 0 Å². The number of aliphatic imine (C=N–C) groups is 1. The number of benzene rings is 1. The first-order valence-corrected chi connectivity index (χ1v) is 7.97. The fourth-order valence-electron chi connectivity index (χ4n) is 1.77. The molecule has 0 aliphatic rings.